The average molecular weight is 273 g/mol. The Bertz CT molecular complexity index is 541. The number of unbranched alkanes of at least 4 members (excludes halogenated alkanes) is 1. The Kier molecular flexibility index (Phi) is 6.31. The molecule has 0 atom stereocenters. The van der Waals surface area contributed by atoms with Gasteiger partial charge in [0.1, 0.15) is 17.4 Å². The van der Waals surface area contributed by atoms with Gasteiger partial charge in [-0.3, -0.25) is 0 Å². The summed E-state index contributed by atoms with van der Waals surface area (Å²) in [6.45, 7) is 4.26. The summed E-state index contributed by atoms with van der Waals surface area (Å²) < 4.78 is 10.2. The Balaban J connectivity index is 2.86. The van der Waals surface area contributed by atoms with Crippen molar-refractivity contribution in [3.8, 4) is 11.8 Å². The number of hydrogen-bond acceptors (Lipinski definition) is 4. The molecule has 0 aliphatic carbocycles. The van der Waals surface area contributed by atoms with Gasteiger partial charge in [0.15, 0.2) is 0 Å². The van der Waals surface area contributed by atoms with E-state index in [0.29, 0.717) is 6.61 Å². The maximum Gasteiger partial charge on any atom is 0.348 e. The molecule has 106 valence electrons. The minimum atomic E-state index is -0.575. The van der Waals surface area contributed by atoms with E-state index < -0.39 is 5.97 Å². The van der Waals surface area contributed by atoms with Crippen molar-refractivity contribution in [2.75, 3.05) is 13.7 Å². The van der Waals surface area contributed by atoms with Gasteiger partial charge in [0, 0.05) is 0 Å². The van der Waals surface area contributed by atoms with Gasteiger partial charge in [0.25, 0.3) is 0 Å². The van der Waals surface area contributed by atoms with Gasteiger partial charge in [-0.05, 0) is 42.7 Å². The quantitative estimate of drug-likeness (QED) is 0.345. The van der Waals surface area contributed by atoms with Crippen LogP contribution in [0.25, 0.3) is 6.08 Å². The van der Waals surface area contributed by atoms with Crippen LogP contribution in [0.1, 0.15) is 30.9 Å². The van der Waals surface area contributed by atoms with Crippen LogP contribution in [-0.4, -0.2) is 19.7 Å². The van der Waals surface area contributed by atoms with Gasteiger partial charge in [-0.15, -0.1) is 0 Å². The number of hydrogen-bond donors (Lipinski definition) is 0. The van der Waals surface area contributed by atoms with E-state index in [4.69, 9.17) is 14.7 Å². The molecule has 0 fully saturated rings. The molecule has 1 rings (SSSR count). The molecule has 0 unspecified atom stereocenters. The second kappa shape index (κ2) is 8.00. The zero-order chi connectivity index (χ0) is 15.0. The predicted molar refractivity (Wildman–Crippen MR) is 77.2 cm³/mol. The monoisotopic (exact) mass is 273 g/mol. The maximum absolute atomic E-state index is 11.7. The number of carbonyl (C=O) groups excluding carboxylic acids is 1. The number of ether oxygens (including phenoxy) is 2. The second-order valence-electron chi connectivity index (χ2n) is 4.39. The van der Waals surface area contributed by atoms with E-state index >= 15 is 0 Å². The van der Waals surface area contributed by atoms with Gasteiger partial charge in [0.05, 0.1) is 13.7 Å². The number of nitriles is 1. The van der Waals surface area contributed by atoms with Crippen molar-refractivity contribution in [3.63, 3.8) is 0 Å². The van der Waals surface area contributed by atoms with Crippen molar-refractivity contribution >= 4 is 12.0 Å². The topological polar surface area (TPSA) is 59.3 Å². The standard InChI is InChI=1S/C16H19NO3/c1-4-5-8-20-16(18)14(11-17)10-13-6-7-15(19-3)12(2)9-13/h6-7,9-10H,4-5,8H2,1-3H3. The van der Waals surface area contributed by atoms with Gasteiger partial charge in [-0.2, -0.15) is 5.26 Å². The summed E-state index contributed by atoms with van der Waals surface area (Å²) >= 11 is 0. The molecule has 0 aliphatic heterocycles. The van der Waals surface area contributed by atoms with Crippen LogP contribution in [-0.2, 0) is 9.53 Å². The molecule has 4 heteroatoms. The molecule has 0 aromatic heterocycles. The van der Waals surface area contributed by atoms with Gasteiger partial charge >= 0.3 is 5.97 Å². The van der Waals surface area contributed by atoms with Crippen LogP contribution in [0.2, 0.25) is 0 Å². The highest BCUT2D eigenvalue weighted by Gasteiger charge is 2.10. The summed E-state index contributed by atoms with van der Waals surface area (Å²) in [6.07, 6.45) is 3.27. The zero-order valence-electron chi connectivity index (χ0n) is 12.1. The molecule has 1 aromatic rings. The molecule has 0 N–H and O–H groups in total. The SMILES string of the molecule is CCCCOC(=O)C(C#N)=Cc1ccc(OC)c(C)c1. The van der Waals surface area contributed by atoms with Crippen molar-refractivity contribution in [1.29, 1.82) is 5.26 Å². The Morgan fingerprint density at radius 2 is 2.20 bits per heavy atom. The minimum absolute atomic E-state index is 0.00525. The Hall–Kier alpha value is -2.28. The van der Waals surface area contributed by atoms with Gasteiger partial charge in [-0.1, -0.05) is 19.4 Å². The first-order valence-corrected chi connectivity index (χ1v) is 6.56. The minimum Gasteiger partial charge on any atom is -0.496 e. The number of carbonyl (C=O) groups is 1. The lowest BCUT2D eigenvalue weighted by Crippen LogP contribution is -2.07. The lowest BCUT2D eigenvalue weighted by molar-refractivity contribution is -0.138. The summed E-state index contributed by atoms with van der Waals surface area (Å²) in [5.41, 5.74) is 1.72. The van der Waals surface area contributed by atoms with Gasteiger partial charge in [-0.25, -0.2) is 4.79 Å². The van der Waals surface area contributed by atoms with Crippen molar-refractivity contribution < 1.29 is 14.3 Å². The number of benzene rings is 1. The smallest absolute Gasteiger partial charge is 0.348 e. The molecule has 4 nitrogen and oxygen atoms in total. The molecular weight excluding hydrogens is 254 g/mol. The molecule has 0 heterocycles. The average Bonchev–Trinajstić information content (AvgIpc) is 2.45. The highest BCUT2D eigenvalue weighted by Crippen LogP contribution is 2.20. The number of nitrogens with zero attached hydrogens (tertiary/aromatic N) is 1. The molecule has 0 spiro atoms. The third kappa shape index (κ3) is 4.43. The highest BCUT2D eigenvalue weighted by atomic mass is 16.5. The van der Waals surface area contributed by atoms with Crippen molar-refractivity contribution in [2.45, 2.75) is 26.7 Å². The maximum atomic E-state index is 11.7. The van der Waals surface area contributed by atoms with Crippen LogP contribution >= 0.6 is 0 Å². The van der Waals surface area contributed by atoms with E-state index in [-0.39, 0.29) is 5.57 Å². The molecule has 0 saturated carbocycles. The van der Waals surface area contributed by atoms with Gasteiger partial charge < -0.3 is 9.47 Å². The van der Waals surface area contributed by atoms with Crippen LogP contribution in [0.4, 0.5) is 0 Å². The summed E-state index contributed by atoms with van der Waals surface area (Å²) in [5.74, 6) is 0.195. The lowest BCUT2D eigenvalue weighted by atomic mass is 10.1. The second-order valence-corrected chi connectivity index (χ2v) is 4.39. The number of rotatable bonds is 6. The molecule has 1 aromatic carbocycles. The number of esters is 1. The fourth-order valence-electron chi connectivity index (χ4n) is 1.68. The van der Waals surface area contributed by atoms with E-state index in [0.717, 1.165) is 29.7 Å². The Morgan fingerprint density at radius 3 is 2.75 bits per heavy atom. The molecule has 0 aliphatic rings. The predicted octanol–water partition coefficient (Wildman–Crippen LogP) is 3.25. The lowest BCUT2D eigenvalue weighted by Gasteiger charge is -2.06. The summed E-state index contributed by atoms with van der Waals surface area (Å²) in [6, 6.07) is 7.34. The normalized spacial score (nSPS) is 10.8. The van der Waals surface area contributed by atoms with E-state index in [1.165, 1.54) is 6.08 Å². The van der Waals surface area contributed by atoms with Crippen LogP contribution in [0.3, 0.4) is 0 Å². The fraction of sp³-hybridized carbons (Fsp3) is 0.375. The van der Waals surface area contributed by atoms with Gasteiger partial charge in [0.2, 0.25) is 0 Å². The Morgan fingerprint density at radius 1 is 1.45 bits per heavy atom. The first-order chi connectivity index (χ1) is 9.62. The third-order valence-electron chi connectivity index (χ3n) is 2.80. The first kappa shape index (κ1) is 15.8. The fourth-order valence-corrected chi connectivity index (χ4v) is 1.68. The molecule has 0 saturated heterocycles. The summed E-state index contributed by atoms with van der Waals surface area (Å²) in [4.78, 5) is 11.7. The zero-order valence-corrected chi connectivity index (χ0v) is 12.1. The van der Waals surface area contributed by atoms with Crippen molar-refractivity contribution in [1.82, 2.24) is 0 Å². The molecule has 20 heavy (non-hydrogen) atoms. The van der Waals surface area contributed by atoms with Crippen molar-refractivity contribution in [3.05, 3.63) is 34.9 Å². The van der Waals surface area contributed by atoms with E-state index in [2.05, 4.69) is 0 Å². The van der Waals surface area contributed by atoms with E-state index in [1.807, 2.05) is 26.0 Å². The molecule has 0 bridgehead atoms. The summed E-state index contributed by atoms with van der Waals surface area (Å²) in [7, 11) is 1.60. The molecule has 0 amide bonds. The van der Waals surface area contributed by atoms with Crippen molar-refractivity contribution in [2.24, 2.45) is 0 Å². The van der Waals surface area contributed by atoms with Crippen LogP contribution in [0.15, 0.2) is 23.8 Å². The number of aryl methyl sites for hydroxylation is 1. The van der Waals surface area contributed by atoms with E-state index in [9.17, 15) is 4.79 Å². The van der Waals surface area contributed by atoms with E-state index in [1.54, 1.807) is 19.2 Å². The molecule has 0 radical (unpaired) electrons. The van der Waals surface area contributed by atoms with Crippen LogP contribution < -0.4 is 4.74 Å². The first-order valence-electron chi connectivity index (χ1n) is 6.56. The summed E-state index contributed by atoms with van der Waals surface area (Å²) in [5, 5.41) is 9.04. The largest absolute Gasteiger partial charge is 0.496 e. The van der Waals surface area contributed by atoms with Crippen LogP contribution in [0, 0.1) is 18.3 Å². The number of methoxy groups -OCH3 is 1. The Labute approximate surface area is 119 Å². The molecular formula is C16H19NO3. The third-order valence-corrected chi connectivity index (χ3v) is 2.80. The van der Waals surface area contributed by atoms with Crippen LogP contribution in [0.5, 0.6) is 5.75 Å². The highest BCUT2D eigenvalue weighted by molar-refractivity contribution is 5.97.